The molecule has 1 saturated heterocycles. The summed E-state index contributed by atoms with van der Waals surface area (Å²) in [6.07, 6.45) is 6.29. The summed E-state index contributed by atoms with van der Waals surface area (Å²) in [5.41, 5.74) is 2.91. The first kappa shape index (κ1) is 16.6. The molecule has 134 valence electrons. The first-order chi connectivity index (χ1) is 12.6. The van der Waals surface area contributed by atoms with E-state index in [2.05, 4.69) is 21.1 Å². The van der Waals surface area contributed by atoms with Crippen LogP contribution in [0.3, 0.4) is 0 Å². The van der Waals surface area contributed by atoms with Crippen LogP contribution in [0.1, 0.15) is 40.4 Å². The molecule has 0 radical (unpaired) electrons. The number of hydrogen-bond donors (Lipinski definition) is 0. The molecule has 1 saturated carbocycles. The van der Waals surface area contributed by atoms with Gasteiger partial charge >= 0.3 is 5.97 Å². The number of ether oxygens (including phenoxy) is 1. The fraction of sp³-hybridized carbons (Fsp3) is 0.474. The Kier molecular flexibility index (Phi) is 4.11. The molecule has 2 aromatic heterocycles. The monoisotopic (exact) mass is 351 g/mol. The van der Waals surface area contributed by atoms with E-state index in [9.17, 15) is 10.1 Å². The van der Waals surface area contributed by atoms with Gasteiger partial charge in [-0.15, -0.1) is 0 Å². The summed E-state index contributed by atoms with van der Waals surface area (Å²) in [5.74, 6) is 1.99. The molecule has 7 nitrogen and oxygen atoms in total. The minimum atomic E-state index is -0.380. The van der Waals surface area contributed by atoms with Crippen molar-refractivity contribution in [1.29, 1.82) is 5.26 Å². The topological polar surface area (TPSA) is 84.0 Å². The number of carbonyl (C=O) groups excluding carboxylic acids is 1. The van der Waals surface area contributed by atoms with Gasteiger partial charge in [-0.3, -0.25) is 4.68 Å². The number of carbonyl (C=O) groups is 1. The van der Waals surface area contributed by atoms with E-state index in [1.54, 1.807) is 17.8 Å². The molecule has 1 aliphatic carbocycles. The van der Waals surface area contributed by atoms with E-state index in [0.717, 1.165) is 41.9 Å². The largest absolute Gasteiger partial charge is 0.462 e. The van der Waals surface area contributed by atoms with Crippen molar-refractivity contribution < 1.29 is 9.53 Å². The minimum absolute atomic E-state index is 0.332. The van der Waals surface area contributed by atoms with Crippen LogP contribution in [-0.2, 0) is 11.3 Å². The van der Waals surface area contributed by atoms with Crippen molar-refractivity contribution in [1.82, 2.24) is 14.8 Å². The predicted octanol–water partition coefficient (Wildman–Crippen LogP) is 2.14. The molecule has 2 atom stereocenters. The van der Waals surface area contributed by atoms with Crippen LogP contribution in [0, 0.1) is 30.1 Å². The van der Waals surface area contributed by atoms with Gasteiger partial charge in [0.25, 0.3) is 0 Å². The molecule has 0 aromatic carbocycles. The second kappa shape index (κ2) is 6.45. The van der Waals surface area contributed by atoms with Crippen LogP contribution in [0.2, 0.25) is 0 Å². The van der Waals surface area contributed by atoms with Gasteiger partial charge < -0.3 is 9.64 Å². The number of rotatable bonds is 5. The number of aromatic nitrogens is 3. The highest BCUT2D eigenvalue weighted by Gasteiger charge is 2.46. The van der Waals surface area contributed by atoms with Crippen LogP contribution in [-0.4, -0.2) is 40.4 Å². The molecule has 2 unspecified atom stereocenters. The van der Waals surface area contributed by atoms with Gasteiger partial charge in [0.05, 0.1) is 30.5 Å². The SMILES string of the molecule is CCOC(=O)c1cnn(Cc2cnc(N3CC4CC4C3)c(C#N)c2C)c1. The molecule has 2 aromatic rings. The Labute approximate surface area is 152 Å². The normalized spacial score (nSPS) is 20.6. The van der Waals surface area contributed by atoms with Crippen molar-refractivity contribution >= 4 is 11.8 Å². The number of nitrogens with zero attached hydrogens (tertiary/aromatic N) is 5. The van der Waals surface area contributed by atoms with E-state index >= 15 is 0 Å². The quantitative estimate of drug-likeness (QED) is 0.768. The summed E-state index contributed by atoms with van der Waals surface area (Å²) < 4.78 is 6.65. The highest BCUT2D eigenvalue weighted by Crippen LogP contribution is 2.46. The molecule has 1 aliphatic heterocycles. The van der Waals surface area contributed by atoms with E-state index < -0.39 is 0 Å². The fourth-order valence-electron chi connectivity index (χ4n) is 3.68. The molecule has 3 heterocycles. The van der Waals surface area contributed by atoms with Crippen molar-refractivity contribution in [2.45, 2.75) is 26.8 Å². The van der Waals surface area contributed by atoms with E-state index in [1.807, 2.05) is 13.1 Å². The smallest absolute Gasteiger partial charge is 0.341 e. The Morgan fingerprint density at radius 1 is 1.38 bits per heavy atom. The molecule has 0 bridgehead atoms. The van der Waals surface area contributed by atoms with Crippen molar-refractivity contribution in [3.05, 3.63) is 40.8 Å². The molecule has 26 heavy (non-hydrogen) atoms. The summed E-state index contributed by atoms with van der Waals surface area (Å²) in [7, 11) is 0. The lowest BCUT2D eigenvalue weighted by molar-refractivity contribution is 0.0526. The number of nitriles is 1. The van der Waals surface area contributed by atoms with Gasteiger partial charge in [0.2, 0.25) is 0 Å². The van der Waals surface area contributed by atoms with E-state index in [0.29, 0.717) is 24.3 Å². The Morgan fingerprint density at radius 3 is 2.85 bits per heavy atom. The number of esters is 1. The lowest BCUT2D eigenvalue weighted by atomic mass is 10.1. The summed E-state index contributed by atoms with van der Waals surface area (Å²) in [6.45, 7) is 6.52. The lowest BCUT2D eigenvalue weighted by Crippen LogP contribution is -2.24. The third-order valence-electron chi connectivity index (χ3n) is 5.29. The zero-order chi connectivity index (χ0) is 18.3. The first-order valence-corrected chi connectivity index (χ1v) is 8.93. The van der Waals surface area contributed by atoms with Gasteiger partial charge in [0, 0.05) is 25.5 Å². The van der Waals surface area contributed by atoms with E-state index in [1.165, 1.54) is 12.6 Å². The zero-order valence-corrected chi connectivity index (χ0v) is 15.0. The molecule has 0 spiro atoms. The van der Waals surface area contributed by atoms with Crippen molar-refractivity contribution in [3.63, 3.8) is 0 Å². The average Bonchev–Trinajstić information content (AvgIpc) is 3.04. The maximum Gasteiger partial charge on any atom is 0.341 e. The Bertz CT molecular complexity index is 888. The summed E-state index contributed by atoms with van der Waals surface area (Å²) >= 11 is 0. The van der Waals surface area contributed by atoms with Crippen LogP contribution in [0.25, 0.3) is 0 Å². The van der Waals surface area contributed by atoms with Crippen LogP contribution in [0.15, 0.2) is 18.6 Å². The number of hydrogen-bond acceptors (Lipinski definition) is 6. The van der Waals surface area contributed by atoms with E-state index in [4.69, 9.17) is 4.74 Å². The Morgan fingerprint density at radius 2 is 2.15 bits per heavy atom. The van der Waals surface area contributed by atoms with Gasteiger partial charge in [0.1, 0.15) is 11.9 Å². The second-order valence-corrected chi connectivity index (χ2v) is 7.03. The standard InChI is InChI=1S/C19H21N5O2/c1-3-26-19(25)16-7-22-24(11-16)10-15-6-21-18(17(5-20)12(15)2)23-8-13-4-14(13)9-23/h6-7,11,13-14H,3-4,8-10H2,1-2H3. The zero-order valence-electron chi connectivity index (χ0n) is 15.0. The second-order valence-electron chi connectivity index (χ2n) is 7.03. The third-order valence-corrected chi connectivity index (χ3v) is 5.29. The number of piperidine rings is 1. The maximum absolute atomic E-state index is 11.8. The number of pyridine rings is 1. The molecule has 2 fully saturated rings. The van der Waals surface area contributed by atoms with Gasteiger partial charge in [-0.2, -0.15) is 10.4 Å². The Hall–Kier alpha value is -2.88. The van der Waals surface area contributed by atoms with Crippen LogP contribution < -0.4 is 4.90 Å². The molecule has 0 N–H and O–H groups in total. The minimum Gasteiger partial charge on any atom is -0.462 e. The summed E-state index contributed by atoms with van der Waals surface area (Å²) in [6, 6.07) is 2.33. The highest BCUT2D eigenvalue weighted by atomic mass is 16.5. The maximum atomic E-state index is 11.8. The first-order valence-electron chi connectivity index (χ1n) is 8.93. The molecule has 4 rings (SSSR count). The summed E-state index contributed by atoms with van der Waals surface area (Å²) in [5, 5.41) is 13.9. The Balaban J connectivity index is 1.56. The molecule has 0 amide bonds. The van der Waals surface area contributed by atoms with Gasteiger partial charge in [-0.05, 0) is 43.2 Å². The lowest BCUT2D eigenvalue weighted by Gasteiger charge is -2.22. The van der Waals surface area contributed by atoms with Crippen LogP contribution >= 0.6 is 0 Å². The number of anilines is 1. The molecule has 7 heteroatoms. The van der Waals surface area contributed by atoms with Crippen molar-refractivity contribution in [3.8, 4) is 6.07 Å². The van der Waals surface area contributed by atoms with Gasteiger partial charge in [-0.25, -0.2) is 9.78 Å². The van der Waals surface area contributed by atoms with Gasteiger partial charge in [-0.1, -0.05) is 0 Å². The molecular weight excluding hydrogens is 330 g/mol. The number of fused-ring (bicyclic) bond motifs is 1. The summed E-state index contributed by atoms with van der Waals surface area (Å²) in [4.78, 5) is 18.6. The molecule has 2 aliphatic rings. The van der Waals surface area contributed by atoms with Gasteiger partial charge in [0.15, 0.2) is 0 Å². The average molecular weight is 351 g/mol. The molecular formula is C19H21N5O2. The predicted molar refractivity (Wildman–Crippen MR) is 94.8 cm³/mol. The highest BCUT2D eigenvalue weighted by molar-refractivity contribution is 5.88. The fourth-order valence-corrected chi connectivity index (χ4v) is 3.68. The van der Waals surface area contributed by atoms with E-state index in [-0.39, 0.29) is 5.97 Å². The van der Waals surface area contributed by atoms with Crippen molar-refractivity contribution in [2.75, 3.05) is 24.6 Å². The van der Waals surface area contributed by atoms with Crippen LogP contribution in [0.4, 0.5) is 5.82 Å². The van der Waals surface area contributed by atoms with Crippen LogP contribution in [0.5, 0.6) is 0 Å². The van der Waals surface area contributed by atoms with Crippen molar-refractivity contribution in [2.24, 2.45) is 11.8 Å². The third kappa shape index (κ3) is 2.92.